The lowest BCUT2D eigenvalue weighted by atomic mass is 9.74. The van der Waals surface area contributed by atoms with Crippen molar-refractivity contribution in [3.05, 3.63) is 34.9 Å². The molecule has 1 aliphatic carbocycles. The van der Waals surface area contributed by atoms with Crippen molar-refractivity contribution >= 4 is 0 Å². The Hall–Kier alpha value is -0.820. The molecule has 1 saturated carbocycles. The molecule has 0 saturated heterocycles. The molecule has 1 nitrogen and oxygen atoms in total. The molecule has 0 radical (unpaired) electrons. The fourth-order valence-electron chi connectivity index (χ4n) is 3.55. The Morgan fingerprint density at radius 2 is 1.60 bits per heavy atom. The van der Waals surface area contributed by atoms with Gasteiger partial charge >= 0.3 is 0 Å². The zero-order valence-corrected chi connectivity index (χ0v) is 13.9. The summed E-state index contributed by atoms with van der Waals surface area (Å²) in [5, 5.41) is 3.72. The predicted molar refractivity (Wildman–Crippen MR) is 88.4 cm³/mol. The van der Waals surface area contributed by atoms with Crippen molar-refractivity contribution in [3.8, 4) is 0 Å². The lowest BCUT2D eigenvalue weighted by Gasteiger charge is -2.35. The molecule has 1 fully saturated rings. The van der Waals surface area contributed by atoms with Crippen molar-refractivity contribution < 1.29 is 0 Å². The standard InChI is InChI=1S/C19H31N/c1-14-10-15(2)12-17(11-14)18-9-7-6-8-16(18)13-20-19(3,4)5/h10-12,16,18,20H,6-9,13H2,1-5H3. The summed E-state index contributed by atoms with van der Waals surface area (Å²) in [6.45, 7) is 12.4. The summed E-state index contributed by atoms with van der Waals surface area (Å²) in [4.78, 5) is 0. The largest absolute Gasteiger partial charge is 0.312 e. The van der Waals surface area contributed by atoms with E-state index in [1.165, 1.54) is 36.8 Å². The number of aryl methyl sites for hydroxylation is 2. The summed E-state index contributed by atoms with van der Waals surface area (Å²) in [6.07, 6.45) is 5.53. The monoisotopic (exact) mass is 273 g/mol. The molecule has 0 aromatic heterocycles. The van der Waals surface area contributed by atoms with Gasteiger partial charge < -0.3 is 5.32 Å². The van der Waals surface area contributed by atoms with Gasteiger partial charge in [-0.25, -0.2) is 0 Å². The Bertz CT molecular complexity index is 421. The van der Waals surface area contributed by atoms with Crippen LogP contribution in [0.2, 0.25) is 0 Å². The van der Waals surface area contributed by atoms with Crippen molar-refractivity contribution in [1.82, 2.24) is 5.32 Å². The third-order valence-corrected chi connectivity index (χ3v) is 4.48. The second-order valence-electron chi connectivity index (χ2n) is 7.70. The van der Waals surface area contributed by atoms with Crippen LogP contribution in [0.3, 0.4) is 0 Å². The molecule has 0 heterocycles. The summed E-state index contributed by atoms with van der Waals surface area (Å²) in [7, 11) is 0. The van der Waals surface area contributed by atoms with Crippen LogP contribution in [0.4, 0.5) is 0 Å². The predicted octanol–water partition coefficient (Wildman–Crippen LogP) is 4.97. The van der Waals surface area contributed by atoms with E-state index in [2.05, 4.69) is 58.1 Å². The van der Waals surface area contributed by atoms with E-state index < -0.39 is 0 Å². The molecule has 1 N–H and O–H groups in total. The van der Waals surface area contributed by atoms with Gasteiger partial charge in [0.1, 0.15) is 0 Å². The Kier molecular flexibility index (Phi) is 4.90. The van der Waals surface area contributed by atoms with Crippen LogP contribution in [0, 0.1) is 19.8 Å². The van der Waals surface area contributed by atoms with E-state index in [-0.39, 0.29) is 5.54 Å². The SMILES string of the molecule is Cc1cc(C)cc(C2CCCCC2CNC(C)(C)C)c1. The van der Waals surface area contributed by atoms with E-state index >= 15 is 0 Å². The number of nitrogens with one attached hydrogen (secondary N) is 1. The van der Waals surface area contributed by atoms with Crippen LogP contribution >= 0.6 is 0 Å². The van der Waals surface area contributed by atoms with Crippen LogP contribution < -0.4 is 5.32 Å². The average molecular weight is 273 g/mol. The van der Waals surface area contributed by atoms with Crippen LogP contribution in [0.5, 0.6) is 0 Å². The van der Waals surface area contributed by atoms with Crippen LogP contribution in [0.15, 0.2) is 18.2 Å². The van der Waals surface area contributed by atoms with E-state index in [1.54, 1.807) is 5.56 Å². The molecule has 1 aromatic carbocycles. The Balaban J connectivity index is 2.13. The lowest BCUT2D eigenvalue weighted by molar-refractivity contribution is 0.269. The zero-order chi connectivity index (χ0) is 14.8. The van der Waals surface area contributed by atoms with Gasteiger partial charge in [-0.15, -0.1) is 0 Å². The highest BCUT2D eigenvalue weighted by Gasteiger charge is 2.27. The van der Waals surface area contributed by atoms with Gasteiger partial charge in [-0.2, -0.15) is 0 Å². The number of hydrogen-bond donors (Lipinski definition) is 1. The first-order valence-corrected chi connectivity index (χ1v) is 8.18. The Labute approximate surface area is 125 Å². The number of rotatable bonds is 3. The van der Waals surface area contributed by atoms with Crippen LogP contribution in [-0.2, 0) is 0 Å². The normalized spacial score (nSPS) is 23.9. The molecular formula is C19H31N. The molecule has 2 atom stereocenters. The minimum atomic E-state index is 0.227. The molecule has 0 aliphatic heterocycles. The molecule has 1 heteroatoms. The lowest BCUT2D eigenvalue weighted by Crippen LogP contribution is -2.41. The van der Waals surface area contributed by atoms with Gasteiger partial charge in [-0.1, -0.05) is 42.2 Å². The van der Waals surface area contributed by atoms with Gasteiger partial charge in [0.15, 0.2) is 0 Å². The first-order chi connectivity index (χ1) is 9.35. The van der Waals surface area contributed by atoms with Crippen LogP contribution in [0.25, 0.3) is 0 Å². The Morgan fingerprint density at radius 1 is 1.00 bits per heavy atom. The average Bonchev–Trinajstić information content (AvgIpc) is 2.34. The first kappa shape index (κ1) is 15.6. The second kappa shape index (κ2) is 6.30. The molecule has 0 amide bonds. The molecule has 2 rings (SSSR count). The highest BCUT2D eigenvalue weighted by molar-refractivity contribution is 5.31. The van der Waals surface area contributed by atoms with Crippen LogP contribution in [-0.4, -0.2) is 12.1 Å². The maximum Gasteiger partial charge on any atom is 0.00966 e. The number of hydrogen-bond acceptors (Lipinski definition) is 1. The molecular weight excluding hydrogens is 242 g/mol. The van der Waals surface area contributed by atoms with E-state index in [9.17, 15) is 0 Å². The minimum absolute atomic E-state index is 0.227. The second-order valence-corrected chi connectivity index (χ2v) is 7.70. The zero-order valence-electron chi connectivity index (χ0n) is 13.9. The topological polar surface area (TPSA) is 12.0 Å². The molecule has 0 bridgehead atoms. The quantitative estimate of drug-likeness (QED) is 0.820. The third-order valence-electron chi connectivity index (χ3n) is 4.48. The van der Waals surface area contributed by atoms with E-state index in [1.807, 2.05) is 0 Å². The molecule has 112 valence electrons. The van der Waals surface area contributed by atoms with Gasteiger partial charge in [-0.3, -0.25) is 0 Å². The Morgan fingerprint density at radius 3 is 2.20 bits per heavy atom. The molecule has 20 heavy (non-hydrogen) atoms. The van der Waals surface area contributed by atoms with Gasteiger partial charge in [-0.05, 0) is 71.4 Å². The summed E-state index contributed by atoms with van der Waals surface area (Å²) in [5.41, 5.74) is 4.62. The first-order valence-electron chi connectivity index (χ1n) is 8.18. The third kappa shape index (κ3) is 4.34. The summed E-state index contributed by atoms with van der Waals surface area (Å²) < 4.78 is 0. The molecule has 1 aliphatic rings. The van der Waals surface area contributed by atoms with Gasteiger partial charge in [0, 0.05) is 5.54 Å². The van der Waals surface area contributed by atoms with Gasteiger partial charge in [0.25, 0.3) is 0 Å². The summed E-state index contributed by atoms with van der Waals surface area (Å²) >= 11 is 0. The van der Waals surface area contributed by atoms with E-state index in [4.69, 9.17) is 0 Å². The van der Waals surface area contributed by atoms with E-state index in [0.717, 1.165) is 18.4 Å². The van der Waals surface area contributed by atoms with Crippen molar-refractivity contribution in [2.24, 2.45) is 5.92 Å². The van der Waals surface area contributed by atoms with Crippen molar-refractivity contribution in [1.29, 1.82) is 0 Å². The van der Waals surface area contributed by atoms with E-state index in [0.29, 0.717) is 0 Å². The highest BCUT2D eigenvalue weighted by Crippen LogP contribution is 2.38. The maximum atomic E-state index is 3.72. The smallest absolute Gasteiger partial charge is 0.00966 e. The van der Waals surface area contributed by atoms with Crippen molar-refractivity contribution in [2.45, 2.75) is 71.8 Å². The highest BCUT2D eigenvalue weighted by atomic mass is 14.9. The van der Waals surface area contributed by atoms with Crippen molar-refractivity contribution in [2.75, 3.05) is 6.54 Å². The number of benzene rings is 1. The molecule has 0 spiro atoms. The van der Waals surface area contributed by atoms with Crippen LogP contribution in [0.1, 0.15) is 69.1 Å². The maximum absolute atomic E-state index is 3.72. The fraction of sp³-hybridized carbons (Fsp3) is 0.684. The summed E-state index contributed by atoms with van der Waals surface area (Å²) in [6, 6.07) is 7.11. The van der Waals surface area contributed by atoms with Gasteiger partial charge in [0.05, 0.1) is 0 Å². The fourth-order valence-corrected chi connectivity index (χ4v) is 3.55. The molecule has 2 unspecified atom stereocenters. The minimum Gasteiger partial charge on any atom is -0.312 e. The molecule has 1 aromatic rings. The van der Waals surface area contributed by atoms with Gasteiger partial charge in [0.2, 0.25) is 0 Å². The summed E-state index contributed by atoms with van der Waals surface area (Å²) in [5.74, 6) is 1.54. The van der Waals surface area contributed by atoms with Crippen molar-refractivity contribution in [3.63, 3.8) is 0 Å².